The van der Waals surface area contributed by atoms with E-state index in [0.29, 0.717) is 26.4 Å². The van der Waals surface area contributed by atoms with Crippen molar-refractivity contribution in [3.8, 4) is 11.8 Å². The van der Waals surface area contributed by atoms with Gasteiger partial charge in [-0.2, -0.15) is 5.26 Å². The lowest BCUT2D eigenvalue weighted by Crippen LogP contribution is -1.99. The first kappa shape index (κ1) is 13.9. The lowest BCUT2D eigenvalue weighted by molar-refractivity contribution is 0.298. The predicted molar refractivity (Wildman–Crippen MR) is 74.6 cm³/mol. The van der Waals surface area contributed by atoms with E-state index >= 15 is 0 Å². The molecule has 0 fully saturated rings. The van der Waals surface area contributed by atoms with Crippen LogP contribution in [0.5, 0.6) is 5.75 Å². The summed E-state index contributed by atoms with van der Waals surface area (Å²) in [5.74, 6) is 0.162. The molecule has 0 aliphatic heterocycles. The summed E-state index contributed by atoms with van der Waals surface area (Å²) >= 11 is 9.13. The average molecular weight is 341 g/mol. The van der Waals surface area contributed by atoms with Gasteiger partial charge < -0.3 is 4.74 Å². The van der Waals surface area contributed by atoms with Gasteiger partial charge in [-0.1, -0.05) is 11.6 Å². The highest BCUT2D eigenvalue weighted by atomic mass is 79.9. The second-order valence-corrected chi connectivity index (χ2v) is 5.07. The summed E-state index contributed by atoms with van der Waals surface area (Å²) < 4.78 is 19.7. The molecule has 19 heavy (non-hydrogen) atoms. The van der Waals surface area contributed by atoms with Crippen molar-refractivity contribution in [1.82, 2.24) is 0 Å². The maximum Gasteiger partial charge on any atom is 0.134 e. The van der Waals surface area contributed by atoms with Gasteiger partial charge >= 0.3 is 0 Å². The molecule has 2 rings (SSSR count). The molecule has 0 amide bonds. The van der Waals surface area contributed by atoms with Crippen molar-refractivity contribution in [1.29, 1.82) is 5.26 Å². The highest BCUT2D eigenvalue weighted by Crippen LogP contribution is 2.28. The molecule has 0 aliphatic rings. The van der Waals surface area contributed by atoms with Crippen LogP contribution in [-0.2, 0) is 6.61 Å². The summed E-state index contributed by atoms with van der Waals surface area (Å²) in [6.07, 6.45) is 0. The second-order valence-electron chi connectivity index (χ2n) is 3.78. The van der Waals surface area contributed by atoms with E-state index in [0.717, 1.165) is 0 Å². The van der Waals surface area contributed by atoms with Gasteiger partial charge in [0.1, 0.15) is 18.2 Å². The highest BCUT2D eigenvalue weighted by Gasteiger charge is 2.07. The van der Waals surface area contributed by atoms with Crippen molar-refractivity contribution < 1.29 is 9.13 Å². The van der Waals surface area contributed by atoms with Crippen LogP contribution in [0.25, 0.3) is 0 Å². The van der Waals surface area contributed by atoms with Crippen molar-refractivity contribution in [2.24, 2.45) is 0 Å². The maximum absolute atomic E-state index is 13.6. The Morgan fingerprint density at radius 2 is 2.05 bits per heavy atom. The van der Waals surface area contributed by atoms with Gasteiger partial charge in [0.25, 0.3) is 0 Å². The summed E-state index contributed by atoms with van der Waals surface area (Å²) in [5.41, 5.74) is 0.732. The van der Waals surface area contributed by atoms with Crippen LogP contribution in [0.15, 0.2) is 40.9 Å². The number of nitriles is 1. The zero-order valence-corrected chi connectivity index (χ0v) is 12.0. The van der Waals surface area contributed by atoms with E-state index in [1.807, 2.05) is 6.07 Å². The first-order valence-electron chi connectivity index (χ1n) is 5.36. The third-order valence-electron chi connectivity index (χ3n) is 2.45. The van der Waals surface area contributed by atoms with Crippen LogP contribution in [0.3, 0.4) is 0 Å². The molecule has 96 valence electrons. The average Bonchev–Trinajstić information content (AvgIpc) is 2.39. The molecule has 2 aromatic carbocycles. The van der Waals surface area contributed by atoms with Crippen LogP contribution in [0.4, 0.5) is 4.39 Å². The Morgan fingerprint density at radius 3 is 2.74 bits per heavy atom. The normalized spacial score (nSPS) is 10.0. The number of rotatable bonds is 3. The van der Waals surface area contributed by atoms with Gasteiger partial charge in [-0.3, -0.25) is 0 Å². The summed E-state index contributed by atoms with van der Waals surface area (Å²) in [6, 6.07) is 11.2. The monoisotopic (exact) mass is 339 g/mol. The van der Waals surface area contributed by atoms with Gasteiger partial charge in [-0.25, -0.2) is 4.39 Å². The van der Waals surface area contributed by atoms with Crippen LogP contribution < -0.4 is 4.74 Å². The lowest BCUT2D eigenvalue weighted by atomic mass is 10.1. The molecular formula is C14H8BrClFNO. The molecule has 0 heterocycles. The fourth-order valence-electron chi connectivity index (χ4n) is 1.50. The molecule has 0 unspecified atom stereocenters. The van der Waals surface area contributed by atoms with Crippen molar-refractivity contribution >= 4 is 27.5 Å². The molecule has 0 N–H and O–H groups in total. The van der Waals surface area contributed by atoms with Crippen LogP contribution >= 0.6 is 27.5 Å². The molecular weight excluding hydrogens is 333 g/mol. The Kier molecular flexibility index (Phi) is 4.41. The van der Waals surface area contributed by atoms with Crippen LogP contribution in [0.2, 0.25) is 5.02 Å². The van der Waals surface area contributed by atoms with E-state index in [9.17, 15) is 4.39 Å². The van der Waals surface area contributed by atoms with E-state index in [4.69, 9.17) is 21.6 Å². The number of nitrogens with zero attached hydrogens (tertiary/aromatic N) is 1. The molecule has 0 spiro atoms. The van der Waals surface area contributed by atoms with Gasteiger partial charge in [0.2, 0.25) is 0 Å². The van der Waals surface area contributed by atoms with E-state index in [2.05, 4.69) is 15.9 Å². The SMILES string of the molecule is N#Cc1ccc(F)c(COc2ccc(Cl)cc2Br)c1. The maximum atomic E-state index is 13.6. The smallest absolute Gasteiger partial charge is 0.134 e. The first-order chi connectivity index (χ1) is 9.10. The van der Waals surface area contributed by atoms with Gasteiger partial charge in [0.15, 0.2) is 0 Å². The Balaban J connectivity index is 2.16. The van der Waals surface area contributed by atoms with Gasteiger partial charge in [0, 0.05) is 10.6 Å². The molecule has 0 radical (unpaired) electrons. The Bertz CT molecular complexity index is 654. The molecule has 0 saturated heterocycles. The number of halogens is 3. The zero-order chi connectivity index (χ0) is 13.8. The number of benzene rings is 2. The summed E-state index contributed by atoms with van der Waals surface area (Å²) in [5, 5.41) is 9.36. The van der Waals surface area contributed by atoms with Crippen molar-refractivity contribution in [2.75, 3.05) is 0 Å². The summed E-state index contributed by atoms with van der Waals surface area (Å²) in [7, 11) is 0. The first-order valence-corrected chi connectivity index (χ1v) is 6.53. The predicted octanol–water partition coefficient (Wildman–Crippen LogP) is 4.69. The minimum absolute atomic E-state index is 0.0432. The minimum Gasteiger partial charge on any atom is -0.488 e. The van der Waals surface area contributed by atoms with Gasteiger partial charge in [0.05, 0.1) is 16.1 Å². The molecule has 0 aliphatic carbocycles. The Hall–Kier alpha value is -1.57. The van der Waals surface area contributed by atoms with E-state index < -0.39 is 5.82 Å². The van der Waals surface area contributed by atoms with Crippen LogP contribution in [0.1, 0.15) is 11.1 Å². The third-order valence-corrected chi connectivity index (χ3v) is 3.31. The van der Waals surface area contributed by atoms with Crippen LogP contribution in [-0.4, -0.2) is 0 Å². The van der Waals surface area contributed by atoms with E-state index in [1.165, 1.54) is 18.2 Å². The molecule has 0 aromatic heterocycles. The van der Waals surface area contributed by atoms with E-state index in [1.54, 1.807) is 18.2 Å². The molecule has 0 bridgehead atoms. The zero-order valence-electron chi connectivity index (χ0n) is 9.66. The molecule has 0 saturated carbocycles. The lowest BCUT2D eigenvalue weighted by Gasteiger charge is -2.09. The quantitative estimate of drug-likeness (QED) is 0.812. The van der Waals surface area contributed by atoms with E-state index in [-0.39, 0.29) is 6.61 Å². The Morgan fingerprint density at radius 1 is 1.26 bits per heavy atom. The van der Waals surface area contributed by atoms with Gasteiger partial charge in [-0.05, 0) is 52.3 Å². The summed E-state index contributed by atoms with van der Waals surface area (Å²) in [4.78, 5) is 0. The standard InChI is InChI=1S/C14H8BrClFNO/c15-12-6-11(16)2-4-14(12)19-8-10-5-9(7-18)1-3-13(10)17/h1-6H,8H2. The van der Waals surface area contributed by atoms with Crippen LogP contribution in [0, 0.1) is 17.1 Å². The van der Waals surface area contributed by atoms with Crippen molar-refractivity contribution in [3.05, 3.63) is 62.8 Å². The molecule has 2 nitrogen and oxygen atoms in total. The highest BCUT2D eigenvalue weighted by molar-refractivity contribution is 9.10. The molecule has 0 atom stereocenters. The fourth-order valence-corrected chi connectivity index (χ4v) is 2.30. The topological polar surface area (TPSA) is 33.0 Å². The second kappa shape index (κ2) is 6.05. The number of ether oxygens (including phenoxy) is 1. The summed E-state index contributed by atoms with van der Waals surface area (Å²) in [6.45, 7) is 0.0432. The van der Waals surface area contributed by atoms with Gasteiger partial charge in [-0.15, -0.1) is 0 Å². The van der Waals surface area contributed by atoms with Crippen molar-refractivity contribution in [3.63, 3.8) is 0 Å². The Labute approximate surface area is 123 Å². The van der Waals surface area contributed by atoms with Crippen molar-refractivity contribution in [2.45, 2.75) is 6.61 Å². The number of hydrogen-bond donors (Lipinski definition) is 0. The number of hydrogen-bond acceptors (Lipinski definition) is 2. The molecule has 2 aromatic rings. The largest absolute Gasteiger partial charge is 0.488 e. The minimum atomic E-state index is -0.399. The fraction of sp³-hybridized carbons (Fsp3) is 0.0714. The third kappa shape index (κ3) is 3.46. The molecule has 5 heteroatoms.